The van der Waals surface area contributed by atoms with Crippen LogP contribution in [-0.2, 0) is 29.1 Å². The summed E-state index contributed by atoms with van der Waals surface area (Å²) < 4.78 is 16.3. The Balaban J connectivity index is 1.20. The zero-order chi connectivity index (χ0) is 21.0. The number of hydrogen-bond acceptors (Lipinski definition) is 5. The molecule has 1 unspecified atom stereocenters. The van der Waals surface area contributed by atoms with Gasteiger partial charge in [0, 0.05) is 19.6 Å². The van der Waals surface area contributed by atoms with E-state index in [1.807, 2.05) is 30.3 Å². The minimum Gasteiger partial charge on any atom is -0.496 e. The molecule has 1 aromatic heterocycles. The lowest BCUT2D eigenvalue weighted by Crippen LogP contribution is -2.37. The number of amides is 1. The van der Waals surface area contributed by atoms with Gasteiger partial charge in [-0.2, -0.15) is 0 Å². The van der Waals surface area contributed by atoms with Crippen molar-refractivity contribution in [2.24, 2.45) is 11.3 Å². The average Bonchev–Trinajstić information content (AvgIpc) is 3.29. The lowest BCUT2D eigenvalue weighted by molar-refractivity contribution is -0.123. The molecule has 1 spiro atoms. The van der Waals surface area contributed by atoms with Gasteiger partial charge in [-0.25, -0.2) is 0 Å². The monoisotopic (exact) mass is 412 g/mol. The fourth-order valence-corrected chi connectivity index (χ4v) is 4.73. The predicted molar refractivity (Wildman–Crippen MR) is 114 cm³/mol. The van der Waals surface area contributed by atoms with Crippen molar-refractivity contribution >= 4 is 5.91 Å². The van der Waals surface area contributed by atoms with Crippen LogP contribution >= 0.6 is 0 Å². The van der Waals surface area contributed by atoms with Crippen molar-refractivity contribution in [1.29, 1.82) is 0 Å². The number of carbonyl (C=O) groups excluding carboxylic acids is 1. The van der Waals surface area contributed by atoms with Gasteiger partial charge in [0.25, 0.3) is 0 Å². The van der Waals surface area contributed by atoms with Crippen LogP contribution in [0.3, 0.4) is 0 Å². The van der Waals surface area contributed by atoms with E-state index in [-0.39, 0.29) is 17.2 Å². The Morgan fingerprint density at radius 2 is 1.93 bits per heavy atom. The van der Waals surface area contributed by atoms with Crippen molar-refractivity contribution < 1.29 is 18.7 Å². The van der Waals surface area contributed by atoms with Gasteiger partial charge in [0.15, 0.2) is 0 Å². The van der Waals surface area contributed by atoms with Crippen molar-refractivity contribution in [1.82, 2.24) is 10.2 Å². The molecule has 0 radical (unpaired) electrons. The van der Waals surface area contributed by atoms with Crippen LogP contribution in [0, 0.1) is 11.3 Å². The standard InChI is InChI=1S/C24H32N2O4/c1-28-17-20-8-7-19(30-20)16-26-13-10-24(11-14-26)15-21(24)23(27)25-12-9-18-5-3-4-6-22(18)29-2/h3-8,21H,9-17H2,1-2H3,(H,25,27). The maximum absolute atomic E-state index is 12.7. The van der Waals surface area contributed by atoms with Crippen molar-refractivity contribution in [3.8, 4) is 5.75 Å². The smallest absolute Gasteiger partial charge is 0.223 e. The van der Waals surface area contributed by atoms with Gasteiger partial charge in [-0.1, -0.05) is 18.2 Å². The van der Waals surface area contributed by atoms with Gasteiger partial charge < -0.3 is 19.2 Å². The molecule has 1 aliphatic carbocycles. The van der Waals surface area contributed by atoms with E-state index in [1.54, 1.807) is 14.2 Å². The van der Waals surface area contributed by atoms with Gasteiger partial charge in [-0.15, -0.1) is 0 Å². The number of ether oxygens (including phenoxy) is 2. The summed E-state index contributed by atoms with van der Waals surface area (Å²) in [6.45, 7) is 4.03. The van der Waals surface area contributed by atoms with Crippen molar-refractivity contribution in [2.45, 2.75) is 38.8 Å². The van der Waals surface area contributed by atoms with E-state index in [0.717, 1.165) is 68.2 Å². The molecule has 2 aliphatic rings. The van der Waals surface area contributed by atoms with Gasteiger partial charge in [0.05, 0.1) is 13.7 Å². The van der Waals surface area contributed by atoms with Crippen LogP contribution in [0.5, 0.6) is 5.75 Å². The molecule has 1 saturated carbocycles. The molecule has 1 atom stereocenters. The van der Waals surface area contributed by atoms with Crippen molar-refractivity contribution in [2.75, 3.05) is 33.9 Å². The Bertz CT molecular complexity index is 854. The SMILES string of the molecule is COCc1ccc(CN2CCC3(CC2)CC3C(=O)NCCc2ccccc2OC)o1. The largest absolute Gasteiger partial charge is 0.496 e. The number of para-hydroxylation sites is 1. The number of piperidine rings is 1. The zero-order valence-corrected chi connectivity index (χ0v) is 18.0. The molecular formula is C24H32N2O4. The first-order chi connectivity index (χ1) is 14.6. The molecule has 1 aromatic carbocycles. The Labute approximate surface area is 178 Å². The summed E-state index contributed by atoms with van der Waals surface area (Å²) in [5.41, 5.74) is 1.35. The Hall–Kier alpha value is -2.31. The zero-order valence-electron chi connectivity index (χ0n) is 18.0. The van der Waals surface area contributed by atoms with Crippen LogP contribution in [0.25, 0.3) is 0 Å². The fraction of sp³-hybridized carbons (Fsp3) is 0.542. The lowest BCUT2D eigenvalue weighted by atomic mass is 9.90. The first-order valence-electron chi connectivity index (χ1n) is 10.8. The van der Waals surface area contributed by atoms with Crippen LogP contribution in [0.15, 0.2) is 40.8 Å². The van der Waals surface area contributed by atoms with Gasteiger partial charge >= 0.3 is 0 Å². The molecule has 6 heteroatoms. The van der Waals surface area contributed by atoms with E-state index in [0.29, 0.717) is 13.2 Å². The van der Waals surface area contributed by atoms with E-state index in [4.69, 9.17) is 13.9 Å². The summed E-state index contributed by atoms with van der Waals surface area (Å²) >= 11 is 0. The molecule has 30 heavy (non-hydrogen) atoms. The molecule has 4 rings (SSSR count). The van der Waals surface area contributed by atoms with Crippen LogP contribution in [0.2, 0.25) is 0 Å². The molecule has 162 valence electrons. The number of nitrogens with one attached hydrogen (secondary N) is 1. The number of methoxy groups -OCH3 is 2. The molecule has 1 N–H and O–H groups in total. The topological polar surface area (TPSA) is 63.9 Å². The number of likely N-dealkylation sites (tertiary alicyclic amines) is 1. The number of benzene rings is 1. The predicted octanol–water partition coefficient (Wildman–Crippen LogP) is 3.40. The van der Waals surface area contributed by atoms with E-state index < -0.39 is 0 Å². The maximum atomic E-state index is 12.7. The minimum absolute atomic E-state index is 0.175. The summed E-state index contributed by atoms with van der Waals surface area (Å²) in [7, 11) is 3.36. The van der Waals surface area contributed by atoms with E-state index in [2.05, 4.69) is 16.3 Å². The molecular weight excluding hydrogens is 380 g/mol. The molecule has 2 aromatic rings. The summed E-state index contributed by atoms with van der Waals surface area (Å²) in [5, 5.41) is 3.15. The minimum atomic E-state index is 0.175. The van der Waals surface area contributed by atoms with E-state index in [9.17, 15) is 4.79 Å². The fourth-order valence-electron chi connectivity index (χ4n) is 4.73. The number of furan rings is 1. The molecule has 1 amide bonds. The van der Waals surface area contributed by atoms with Crippen LogP contribution in [-0.4, -0.2) is 44.7 Å². The van der Waals surface area contributed by atoms with E-state index in [1.165, 1.54) is 0 Å². The lowest BCUT2D eigenvalue weighted by Gasteiger charge is -2.32. The second-order valence-electron chi connectivity index (χ2n) is 8.55. The van der Waals surface area contributed by atoms with Crippen LogP contribution in [0.4, 0.5) is 0 Å². The average molecular weight is 413 g/mol. The van der Waals surface area contributed by atoms with Crippen molar-refractivity contribution in [3.05, 3.63) is 53.5 Å². The second-order valence-corrected chi connectivity index (χ2v) is 8.55. The Kier molecular flexibility index (Phi) is 6.44. The normalized spacial score (nSPS) is 20.3. The first-order valence-corrected chi connectivity index (χ1v) is 10.8. The number of nitrogens with zero attached hydrogens (tertiary/aromatic N) is 1. The van der Waals surface area contributed by atoms with Gasteiger partial charge in [-0.05, 0) is 68.0 Å². The first kappa shape index (κ1) is 20.9. The highest BCUT2D eigenvalue weighted by molar-refractivity contribution is 5.82. The quantitative estimate of drug-likeness (QED) is 0.684. The summed E-state index contributed by atoms with van der Waals surface area (Å²) in [4.78, 5) is 15.1. The highest BCUT2D eigenvalue weighted by Gasteiger charge is 2.58. The Morgan fingerprint density at radius 3 is 2.70 bits per heavy atom. The third-order valence-corrected chi connectivity index (χ3v) is 6.63. The maximum Gasteiger partial charge on any atom is 0.223 e. The highest BCUT2D eigenvalue weighted by Crippen LogP contribution is 2.59. The highest BCUT2D eigenvalue weighted by atomic mass is 16.5. The van der Waals surface area contributed by atoms with Gasteiger partial charge in [0.1, 0.15) is 23.9 Å². The third-order valence-electron chi connectivity index (χ3n) is 6.63. The van der Waals surface area contributed by atoms with Crippen LogP contribution in [0.1, 0.15) is 36.3 Å². The summed E-state index contributed by atoms with van der Waals surface area (Å²) in [5.74, 6) is 3.13. The molecule has 2 fully saturated rings. The van der Waals surface area contributed by atoms with Crippen LogP contribution < -0.4 is 10.1 Å². The second kappa shape index (κ2) is 9.23. The Morgan fingerprint density at radius 1 is 1.17 bits per heavy atom. The van der Waals surface area contributed by atoms with Gasteiger partial charge in [0.2, 0.25) is 5.91 Å². The molecule has 2 heterocycles. The third kappa shape index (κ3) is 4.71. The summed E-state index contributed by atoms with van der Waals surface area (Å²) in [6.07, 6.45) is 3.99. The summed E-state index contributed by atoms with van der Waals surface area (Å²) in [6, 6.07) is 12.0. The number of hydrogen-bond donors (Lipinski definition) is 1. The molecule has 6 nitrogen and oxygen atoms in total. The molecule has 1 saturated heterocycles. The number of rotatable bonds is 9. The molecule has 1 aliphatic heterocycles. The van der Waals surface area contributed by atoms with Crippen molar-refractivity contribution in [3.63, 3.8) is 0 Å². The van der Waals surface area contributed by atoms with Gasteiger partial charge in [-0.3, -0.25) is 9.69 Å². The molecule has 0 bridgehead atoms. The number of carbonyl (C=O) groups is 1. The van der Waals surface area contributed by atoms with E-state index >= 15 is 0 Å².